The Balaban J connectivity index is 2.94. The molecule has 17 heavy (non-hydrogen) atoms. The Morgan fingerprint density at radius 3 is 2.18 bits per heavy atom. The summed E-state index contributed by atoms with van der Waals surface area (Å²) in [5.74, 6) is -7.18. The summed E-state index contributed by atoms with van der Waals surface area (Å²) in [5, 5.41) is 1.77. The molecule has 0 saturated heterocycles. The lowest BCUT2D eigenvalue weighted by Gasteiger charge is -2.08. The Morgan fingerprint density at radius 2 is 1.71 bits per heavy atom. The molecule has 1 aromatic rings. The molecule has 0 aromatic heterocycles. The molecular formula is C10H10F4N2O. The monoisotopic (exact) mass is 250 g/mol. The zero-order valence-electron chi connectivity index (χ0n) is 8.70. The zero-order chi connectivity index (χ0) is 13.0. The number of nitrogens with two attached hydrogens (primary N) is 1. The van der Waals surface area contributed by atoms with Crippen LogP contribution in [0.5, 0.6) is 0 Å². The normalized spacial score (nSPS) is 10.4. The molecule has 1 aromatic carbocycles. The topological polar surface area (TPSA) is 55.1 Å². The first kappa shape index (κ1) is 13.4. The maximum Gasteiger partial charge on any atom is 0.224 e. The third kappa shape index (κ3) is 3.16. The van der Waals surface area contributed by atoms with E-state index in [0.29, 0.717) is 6.42 Å². The third-order valence-corrected chi connectivity index (χ3v) is 1.98. The SMILES string of the molecule is NCCCC(=O)Nc1c(F)c(F)cc(F)c1F. The number of hydrogen-bond donors (Lipinski definition) is 2. The van der Waals surface area contributed by atoms with E-state index in [1.54, 1.807) is 5.32 Å². The van der Waals surface area contributed by atoms with E-state index >= 15 is 0 Å². The lowest BCUT2D eigenvalue weighted by atomic mass is 10.2. The van der Waals surface area contributed by atoms with E-state index in [1.165, 1.54) is 0 Å². The minimum atomic E-state index is -1.63. The minimum absolute atomic E-state index is 0.0696. The van der Waals surface area contributed by atoms with Crippen LogP contribution in [-0.2, 0) is 4.79 Å². The van der Waals surface area contributed by atoms with Crippen LogP contribution in [0.4, 0.5) is 23.2 Å². The van der Waals surface area contributed by atoms with E-state index in [4.69, 9.17) is 5.73 Å². The van der Waals surface area contributed by atoms with Gasteiger partial charge in [-0.05, 0) is 13.0 Å². The molecule has 0 unspecified atom stereocenters. The van der Waals surface area contributed by atoms with E-state index in [2.05, 4.69) is 0 Å². The summed E-state index contributed by atoms with van der Waals surface area (Å²) in [6, 6.07) is 0.0696. The van der Waals surface area contributed by atoms with Crippen molar-refractivity contribution in [3.8, 4) is 0 Å². The number of benzene rings is 1. The van der Waals surface area contributed by atoms with E-state index in [0.717, 1.165) is 0 Å². The first-order chi connectivity index (χ1) is 7.97. The molecule has 0 spiro atoms. The van der Waals surface area contributed by atoms with Crippen molar-refractivity contribution < 1.29 is 22.4 Å². The van der Waals surface area contributed by atoms with Gasteiger partial charge in [0, 0.05) is 12.5 Å². The number of rotatable bonds is 4. The van der Waals surface area contributed by atoms with Crippen LogP contribution in [0.15, 0.2) is 6.07 Å². The summed E-state index contributed by atoms with van der Waals surface area (Å²) in [6.45, 7) is 0.218. The average molecular weight is 250 g/mol. The maximum absolute atomic E-state index is 13.1. The van der Waals surface area contributed by atoms with Crippen LogP contribution in [0.25, 0.3) is 0 Å². The second kappa shape index (κ2) is 5.62. The number of carbonyl (C=O) groups is 1. The molecule has 1 rings (SSSR count). The van der Waals surface area contributed by atoms with Crippen LogP contribution in [0.1, 0.15) is 12.8 Å². The standard InChI is InChI=1S/C10H10F4N2O/c11-5-4-6(12)9(14)10(8(5)13)16-7(17)2-1-3-15/h4H,1-3,15H2,(H,16,17). The summed E-state index contributed by atoms with van der Waals surface area (Å²) < 4.78 is 51.7. The number of anilines is 1. The van der Waals surface area contributed by atoms with Gasteiger partial charge >= 0.3 is 0 Å². The fraction of sp³-hybridized carbons (Fsp3) is 0.300. The molecule has 94 valence electrons. The van der Waals surface area contributed by atoms with E-state index < -0.39 is 34.9 Å². The molecule has 3 N–H and O–H groups in total. The summed E-state index contributed by atoms with van der Waals surface area (Å²) >= 11 is 0. The molecule has 0 heterocycles. The van der Waals surface area contributed by atoms with E-state index in [9.17, 15) is 22.4 Å². The first-order valence-electron chi connectivity index (χ1n) is 4.80. The second-order valence-electron chi connectivity index (χ2n) is 3.28. The average Bonchev–Trinajstić information content (AvgIpc) is 2.29. The molecule has 7 heteroatoms. The molecule has 0 radical (unpaired) electrons. The molecule has 0 saturated carbocycles. The fourth-order valence-electron chi connectivity index (χ4n) is 1.15. The predicted molar refractivity (Wildman–Crippen MR) is 53.2 cm³/mol. The van der Waals surface area contributed by atoms with Crippen molar-refractivity contribution >= 4 is 11.6 Å². The van der Waals surface area contributed by atoms with Gasteiger partial charge in [-0.25, -0.2) is 17.6 Å². The highest BCUT2D eigenvalue weighted by Gasteiger charge is 2.20. The molecule has 0 bridgehead atoms. The summed E-state index contributed by atoms with van der Waals surface area (Å²) in [5.41, 5.74) is 4.01. The molecule has 0 aliphatic heterocycles. The van der Waals surface area contributed by atoms with Gasteiger partial charge in [0.15, 0.2) is 23.3 Å². The molecule has 0 aliphatic carbocycles. The Labute approximate surface area is 94.6 Å². The fourth-order valence-corrected chi connectivity index (χ4v) is 1.15. The van der Waals surface area contributed by atoms with Crippen LogP contribution >= 0.6 is 0 Å². The van der Waals surface area contributed by atoms with Crippen LogP contribution in [-0.4, -0.2) is 12.5 Å². The van der Waals surface area contributed by atoms with Gasteiger partial charge in [0.25, 0.3) is 0 Å². The Morgan fingerprint density at radius 1 is 1.18 bits per heavy atom. The van der Waals surface area contributed by atoms with Crippen LogP contribution < -0.4 is 11.1 Å². The van der Waals surface area contributed by atoms with Crippen molar-refractivity contribution in [3.63, 3.8) is 0 Å². The molecular weight excluding hydrogens is 240 g/mol. The van der Waals surface area contributed by atoms with Crippen LogP contribution in [0.2, 0.25) is 0 Å². The highest BCUT2D eigenvalue weighted by Crippen LogP contribution is 2.24. The quantitative estimate of drug-likeness (QED) is 0.633. The lowest BCUT2D eigenvalue weighted by Crippen LogP contribution is -2.16. The maximum atomic E-state index is 13.1. The van der Waals surface area contributed by atoms with Crippen molar-refractivity contribution in [3.05, 3.63) is 29.3 Å². The summed E-state index contributed by atoms with van der Waals surface area (Å²) in [4.78, 5) is 11.2. The van der Waals surface area contributed by atoms with Crippen molar-refractivity contribution in [2.45, 2.75) is 12.8 Å². The van der Waals surface area contributed by atoms with Gasteiger partial charge in [0.1, 0.15) is 5.69 Å². The molecule has 3 nitrogen and oxygen atoms in total. The van der Waals surface area contributed by atoms with Gasteiger partial charge in [-0.2, -0.15) is 0 Å². The number of amides is 1. The Kier molecular flexibility index (Phi) is 4.45. The van der Waals surface area contributed by atoms with Crippen LogP contribution in [0.3, 0.4) is 0 Å². The second-order valence-corrected chi connectivity index (χ2v) is 3.28. The summed E-state index contributed by atoms with van der Waals surface area (Å²) in [6.07, 6.45) is 0.209. The largest absolute Gasteiger partial charge is 0.330 e. The van der Waals surface area contributed by atoms with Crippen molar-refractivity contribution in [2.24, 2.45) is 5.73 Å². The van der Waals surface area contributed by atoms with Gasteiger partial charge < -0.3 is 11.1 Å². The van der Waals surface area contributed by atoms with Crippen molar-refractivity contribution in [1.29, 1.82) is 0 Å². The van der Waals surface area contributed by atoms with Gasteiger partial charge in [-0.3, -0.25) is 4.79 Å². The Hall–Kier alpha value is -1.63. The summed E-state index contributed by atoms with van der Waals surface area (Å²) in [7, 11) is 0. The highest BCUT2D eigenvalue weighted by molar-refractivity contribution is 5.90. The van der Waals surface area contributed by atoms with Crippen molar-refractivity contribution in [1.82, 2.24) is 0 Å². The van der Waals surface area contributed by atoms with Crippen LogP contribution in [0, 0.1) is 23.3 Å². The first-order valence-corrected chi connectivity index (χ1v) is 4.80. The molecule has 0 fully saturated rings. The number of halogens is 4. The third-order valence-electron chi connectivity index (χ3n) is 1.98. The molecule has 1 amide bonds. The highest BCUT2D eigenvalue weighted by atomic mass is 19.2. The lowest BCUT2D eigenvalue weighted by molar-refractivity contribution is -0.116. The molecule has 0 atom stereocenters. The van der Waals surface area contributed by atoms with Crippen molar-refractivity contribution in [2.75, 3.05) is 11.9 Å². The van der Waals surface area contributed by atoms with Gasteiger partial charge in [0.2, 0.25) is 5.91 Å². The smallest absolute Gasteiger partial charge is 0.224 e. The van der Waals surface area contributed by atoms with Gasteiger partial charge in [-0.15, -0.1) is 0 Å². The molecule has 0 aliphatic rings. The predicted octanol–water partition coefficient (Wildman–Crippen LogP) is 1.92. The zero-order valence-corrected chi connectivity index (χ0v) is 8.70. The Bertz CT molecular complexity index is 411. The van der Waals surface area contributed by atoms with Gasteiger partial charge in [-0.1, -0.05) is 0 Å². The minimum Gasteiger partial charge on any atom is -0.330 e. The van der Waals surface area contributed by atoms with Gasteiger partial charge in [0.05, 0.1) is 0 Å². The van der Waals surface area contributed by atoms with E-state index in [1.807, 2.05) is 0 Å². The van der Waals surface area contributed by atoms with E-state index in [-0.39, 0.29) is 19.0 Å². The number of hydrogen-bond acceptors (Lipinski definition) is 2. The number of nitrogens with one attached hydrogen (secondary N) is 1. The number of carbonyl (C=O) groups excluding carboxylic acids is 1.